The lowest BCUT2D eigenvalue weighted by molar-refractivity contribution is 0.919. The van der Waals surface area contributed by atoms with E-state index in [4.69, 9.17) is 0 Å². The average molecular weight is 178 g/mol. The molecule has 12 heavy (non-hydrogen) atoms. The highest BCUT2D eigenvalue weighted by Gasteiger charge is 2.05. The molecule has 0 bridgehead atoms. The van der Waals surface area contributed by atoms with Gasteiger partial charge in [-0.15, -0.1) is 11.3 Å². The fraction of sp³-hybridized carbons (Fsp3) is 0.333. The molecule has 0 saturated carbocycles. The SMILES string of the molecule is CCc1nnc(C)c2ccsc12. The van der Waals surface area contributed by atoms with E-state index in [1.165, 1.54) is 10.1 Å². The Labute approximate surface area is 75.3 Å². The average Bonchev–Trinajstić information content (AvgIpc) is 2.54. The Kier molecular flexibility index (Phi) is 1.81. The zero-order valence-electron chi connectivity index (χ0n) is 7.16. The second-order valence-corrected chi connectivity index (χ2v) is 3.67. The van der Waals surface area contributed by atoms with E-state index < -0.39 is 0 Å². The highest BCUT2D eigenvalue weighted by atomic mass is 32.1. The third-order valence-corrected chi connectivity index (χ3v) is 2.94. The van der Waals surface area contributed by atoms with E-state index in [1.54, 1.807) is 11.3 Å². The van der Waals surface area contributed by atoms with Crippen LogP contribution in [-0.2, 0) is 6.42 Å². The Hall–Kier alpha value is -0.960. The monoisotopic (exact) mass is 178 g/mol. The van der Waals surface area contributed by atoms with Gasteiger partial charge in [0, 0.05) is 5.39 Å². The molecule has 62 valence electrons. The molecule has 2 nitrogen and oxygen atoms in total. The first-order chi connectivity index (χ1) is 5.83. The topological polar surface area (TPSA) is 25.8 Å². The molecule has 0 aliphatic heterocycles. The van der Waals surface area contributed by atoms with Gasteiger partial charge in [-0.3, -0.25) is 0 Å². The Morgan fingerprint density at radius 3 is 3.00 bits per heavy atom. The van der Waals surface area contributed by atoms with Crippen LogP contribution in [0.2, 0.25) is 0 Å². The summed E-state index contributed by atoms with van der Waals surface area (Å²) >= 11 is 1.75. The van der Waals surface area contributed by atoms with Gasteiger partial charge >= 0.3 is 0 Å². The summed E-state index contributed by atoms with van der Waals surface area (Å²) in [6.45, 7) is 4.11. The van der Waals surface area contributed by atoms with Crippen molar-refractivity contribution in [3.63, 3.8) is 0 Å². The molecule has 2 heterocycles. The van der Waals surface area contributed by atoms with E-state index in [2.05, 4.69) is 28.6 Å². The quantitative estimate of drug-likeness (QED) is 0.670. The molecule has 0 aromatic carbocycles. The summed E-state index contributed by atoms with van der Waals surface area (Å²) in [5.74, 6) is 0. The predicted molar refractivity (Wildman–Crippen MR) is 51.5 cm³/mol. The fourth-order valence-corrected chi connectivity index (χ4v) is 2.29. The minimum Gasteiger partial charge on any atom is -0.155 e. The molecular weight excluding hydrogens is 168 g/mol. The zero-order valence-corrected chi connectivity index (χ0v) is 7.98. The first-order valence-electron chi connectivity index (χ1n) is 4.02. The number of thiophene rings is 1. The van der Waals surface area contributed by atoms with Crippen molar-refractivity contribution in [2.45, 2.75) is 20.3 Å². The molecule has 2 aromatic rings. The predicted octanol–water partition coefficient (Wildman–Crippen LogP) is 2.56. The molecular formula is C9H10N2S. The van der Waals surface area contributed by atoms with Crippen molar-refractivity contribution in [3.05, 3.63) is 22.8 Å². The number of hydrogen-bond donors (Lipinski definition) is 0. The summed E-state index contributed by atoms with van der Waals surface area (Å²) in [4.78, 5) is 0. The highest BCUT2D eigenvalue weighted by molar-refractivity contribution is 7.17. The second-order valence-electron chi connectivity index (χ2n) is 2.75. The van der Waals surface area contributed by atoms with Gasteiger partial charge in [0.1, 0.15) is 0 Å². The van der Waals surface area contributed by atoms with Gasteiger partial charge in [-0.25, -0.2) is 0 Å². The van der Waals surface area contributed by atoms with Crippen LogP contribution < -0.4 is 0 Å². The maximum atomic E-state index is 4.16. The van der Waals surface area contributed by atoms with Gasteiger partial charge in [0.15, 0.2) is 0 Å². The van der Waals surface area contributed by atoms with Gasteiger partial charge in [-0.05, 0) is 24.8 Å². The normalized spacial score (nSPS) is 10.8. The highest BCUT2D eigenvalue weighted by Crippen LogP contribution is 2.24. The third-order valence-electron chi connectivity index (χ3n) is 1.97. The molecule has 0 aliphatic carbocycles. The first kappa shape index (κ1) is 7.68. The molecule has 3 heteroatoms. The van der Waals surface area contributed by atoms with Crippen molar-refractivity contribution in [1.82, 2.24) is 10.2 Å². The molecule has 0 unspecified atom stereocenters. The molecule has 0 spiro atoms. The van der Waals surface area contributed by atoms with Crippen LogP contribution in [0.4, 0.5) is 0 Å². The van der Waals surface area contributed by atoms with Crippen LogP contribution in [-0.4, -0.2) is 10.2 Å². The van der Waals surface area contributed by atoms with Crippen LogP contribution in [0.5, 0.6) is 0 Å². The molecule has 0 saturated heterocycles. The molecule has 2 aromatic heterocycles. The van der Waals surface area contributed by atoms with Crippen LogP contribution in [0.1, 0.15) is 18.3 Å². The lowest BCUT2D eigenvalue weighted by Gasteiger charge is -1.98. The van der Waals surface area contributed by atoms with Crippen LogP contribution in [0, 0.1) is 6.92 Å². The standard InChI is InChI=1S/C9H10N2S/c1-3-8-9-7(4-5-12-9)6(2)10-11-8/h4-5H,3H2,1-2H3. The van der Waals surface area contributed by atoms with E-state index in [-0.39, 0.29) is 0 Å². The summed E-state index contributed by atoms with van der Waals surface area (Å²) < 4.78 is 1.30. The van der Waals surface area contributed by atoms with E-state index in [1.807, 2.05) is 6.92 Å². The number of fused-ring (bicyclic) bond motifs is 1. The van der Waals surface area contributed by atoms with E-state index in [9.17, 15) is 0 Å². The Balaban J connectivity index is 2.82. The summed E-state index contributed by atoms with van der Waals surface area (Å²) in [5, 5.41) is 11.6. The molecule has 0 amide bonds. The lowest BCUT2D eigenvalue weighted by Crippen LogP contribution is -1.93. The number of hydrogen-bond acceptors (Lipinski definition) is 3. The number of aryl methyl sites for hydroxylation is 2. The van der Waals surface area contributed by atoms with E-state index >= 15 is 0 Å². The molecule has 0 radical (unpaired) electrons. The van der Waals surface area contributed by atoms with Crippen LogP contribution >= 0.6 is 11.3 Å². The van der Waals surface area contributed by atoms with E-state index in [0.29, 0.717) is 0 Å². The maximum absolute atomic E-state index is 4.16. The van der Waals surface area contributed by atoms with E-state index in [0.717, 1.165) is 17.8 Å². The van der Waals surface area contributed by atoms with Crippen molar-refractivity contribution < 1.29 is 0 Å². The largest absolute Gasteiger partial charge is 0.155 e. The van der Waals surface area contributed by atoms with Crippen LogP contribution in [0.25, 0.3) is 10.1 Å². The second kappa shape index (κ2) is 2.83. The maximum Gasteiger partial charge on any atom is 0.0806 e. The van der Waals surface area contributed by atoms with Gasteiger partial charge < -0.3 is 0 Å². The van der Waals surface area contributed by atoms with Crippen LogP contribution in [0.3, 0.4) is 0 Å². The van der Waals surface area contributed by atoms with Gasteiger partial charge in [0.05, 0.1) is 16.1 Å². The fourth-order valence-electron chi connectivity index (χ4n) is 1.28. The number of nitrogens with zero attached hydrogens (tertiary/aromatic N) is 2. The van der Waals surface area contributed by atoms with Crippen molar-refractivity contribution in [3.8, 4) is 0 Å². The summed E-state index contributed by atoms with van der Waals surface area (Å²) in [6, 6.07) is 2.11. The van der Waals surface area contributed by atoms with Crippen LogP contribution in [0.15, 0.2) is 11.4 Å². The first-order valence-corrected chi connectivity index (χ1v) is 4.90. The third kappa shape index (κ3) is 1.01. The Bertz CT molecular complexity index is 406. The summed E-state index contributed by atoms with van der Waals surface area (Å²) in [5.41, 5.74) is 2.15. The van der Waals surface area contributed by atoms with Gasteiger partial charge in [-0.2, -0.15) is 10.2 Å². The summed E-state index contributed by atoms with van der Waals surface area (Å²) in [6.07, 6.45) is 0.963. The minimum absolute atomic E-state index is 0.963. The molecule has 0 aliphatic rings. The van der Waals surface area contributed by atoms with Crippen molar-refractivity contribution >= 4 is 21.4 Å². The number of rotatable bonds is 1. The molecule has 0 atom stereocenters. The zero-order chi connectivity index (χ0) is 8.55. The summed E-state index contributed by atoms with van der Waals surface area (Å²) in [7, 11) is 0. The van der Waals surface area contributed by atoms with Crippen molar-refractivity contribution in [2.24, 2.45) is 0 Å². The number of aromatic nitrogens is 2. The smallest absolute Gasteiger partial charge is 0.0806 e. The molecule has 0 N–H and O–H groups in total. The molecule has 2 rings (SSSR count). The van der Waals surface area contributed by atoms with Crippen molar-refractivity contribution in [2.75, 3.05) is 0 Å². The minimum atomic E-state index is 0.963. The Morgan fingerprint density at radius 2 is 2.25 bits per heavy atom. The van der Waals surface area contributed by atoms with Gasteiger partial charge in [0.25, 0.3) is 0 Å². The van der Waals surface area contributed by atoms with Gasteiger partial charge in [0.2, 0.25) is 0 Å². The lowest BCUT2D eigenvalue weighted by atomic mass is 10.2. The van der Waals surface area contributed by atoms with Crippen molar-refractivity contribution in [1.29, 1.82) is 0 Å². The molecule has 0 fully saturated rings. The van der Waals surface area contributed by atoms with Gasteiger partial charge in [-0.1, -0.05) is 6.92 Å². The Morgan fingerprint density at radius 1 is 1.42 bits per heavy atom.